The molecule has 4 aliphatic heterocycles. The molecule has 0 spiro atoms. The standard InChI is InChI=1S/C22H20N.3C21H18N.3C7H8.4C2H6/c1-15-21(16-8-3-2-4-9-16)19-11-5-6-13-20(19)23-14-17-10-7-12-18(17)22(15)23;1-2-6-15(7-3-1)17-9-5-11-20-19(17)12-13-21-18-10-4-8-16(18)14-22(20)21;1-2-7-15(8-3-1)19-13-21-17-11-6-9-16(17)14-22(21)20-12-5-4-10-18(19)20;1-2-5-15(6-3-1)16-9-11-20-17(13-16)10-12-21-19-8-4-7-18(19)14-22(20)21;3*1-7-5-3-2-4-6-7;4*1-2/h2-6,8-9,11,13H,7,10,12,14H2,1H3;1-3,5-7,9,11-13H,4,8,10,14H2;1-5,7-8,10,12-13H,6,9,11,14H2;1-3,5-6,9-13H,4,7-8,14H2;3*2-6H,1H3;4*1-2H3/q4*+1;;;;;;;. The van der Waals surface area contributed by atoms with Crippen LogP contribution in [0.25, 0.3) is 110 Å². The van der Waals surface area contributed by atoms with Crippen LogP contribution >= 0.6 is 0 Å². The summed E-state index contributed by atoms with van der Waals surface area (Å²) in [5.74, 6) is 0. The van der Waals surface area contributed by atoms with E-state index in [0.717, 1.165) is 26.2 Å². The Hall–Kier alpha value is -12.0. The number of aromatic nitrogens is 4. The van der Waals surface area contributed by atoms with E-state index in [1.165, 1.54) is 210 Å². The van der Waals surface area contributed by atoms with Crippen LogP contribution in [0.3, 0.4) is 0 Å². The second-order valence-electron chi connectivity index (χ2n) is 30.8. The molecule has 0 unspecified atom stereocenters. The maximum absolute atomic E-state index is 2.56. The third-order valence-electron chi connectivity index (χ3n) is 23.7. The van der Waals surface area contributed by atoms with Gasteiger partial charge in [-0.1, -0.05) is 321 Å². The fourth-order valence-electron chi connectivity index (χ4n) is 18.4. The van der Waals surface area contributed by atoms with Gasteiger partial charge < -0.3 is 0 Å². The van der Waals surface area contributed by atoms with Crippen molar-refractivity contribution >= 4 is 65.9 Å². The highest BCUT2D eigenvalue weighted by Crippen LogP contribution is 2.45. The molecule has 8 aliphatic rings. The van der Waals surface area contributed by atoms with Gasteiger partial charge in [0.2, 0.25) is 44.8 Å². The lowest BCUT2D eigenvalue weighted by molar-refractivity contribution is -0.661. The van der Waals surface area contributed by atoms with E-state index in [1.54, 1.807) is 44.6 Å². The Morgan fingerprint density at radius 2 is 0.568 bits per heavy atom. The zero-order valence-corrected chi connectivity index (χ0v) is 72.3. The molecule has 4 aliphatic carbocycles. The predicted molar refractivity (Wildman–Crippen MR) is 505 cm³/mol. The Morgan fingerprint density at radius 1 is 0.220 bits per heavy atom. The van der Waals surface area contributed by atoms with Crippen LogP contribution in [-0.4, -0.2) is 0 Å². The largest absolute Gasteiger partial charge is 0.213 e. The highest BCUT2D eigenvalue weighted by Gasteiger charge is 2.39. The first-order valence-electron chi connectivity index (χ1n) is 44.2. The molecular weight excluding hydrogens is 1430 g/mol. The molecule has 11 aromatic carbocycles. The smallest absolute Gasteiger partial charge is 0.188 e. The highest BCUT2D eigenvalue weighted by atomic mass is 15.0. The van der Waals surface area contributed by atoms with Gasteiger partial charge in [0.05, 0.1) is 16.2 Å². The summed E-state index contributed by atoms with van der Waals surface area (Å²) in [5, 5.41) is 5.43. The molecule has 8 heterocycles. The molecule has 0 atom stereocenters. The van der Waals surface area contributed by atoms with Crippen molar-refractivity contribution in [1.29, 1.82) is 0 Å². The number of aryl methyl sites for hydroxylation is 3. The molecule has 0 saturated heterocycles. The SMILES string of the molecule is CC.CC.CC.CC.Cc1c(-c2ccccc2)c2ccccc2[n+]2c1C1=C(CCC1)C2.Cc1ccccc1.Cc1ccccc1.Cc1ccccc1.c1ccc(-c2cc3[n+](c4ccccc24)CC2=C3CCC2)cc1.c1ccc(-c2ccc3c(ccc4[n+]3CC3=C4CCC3)c2)cc1.c1ccc(-c2cccc3c2ccc2[n+]3CC3=C2CCC3)cc1. The summed E-state index contributed by atoms with van der Waals surface area (Å²) in [7, 11) is 0. The lowest BCUT2D eigenvalue weighted by Gasteiger charge is -2.13. The minimum absolute atomic E-state index is 1.10. The average molecular weight is 1550 g/mol. The van der Waals surface area contributed by atoms with Crippen molar-refractivity contribution < 1.29 is 18.3 Å². The molecule has 4 heteroatoms. The van der Waals surface area contributed by atoms with Gasteiger partial charge >= 0.3 is 0 Å². The summed E-state index contributed by atoms with van der Waals surface area (Å²) in [4.78, 5) is 0. The van der Waals surface area contributed by atoms with E-state index in [9.17, 15) is 0 Å². The number of allylic oxidation sites excluding steroid dienone is 8. The molecule has 0 radical (unpaired) electrons. The summed E-state index contributed by atoms with van der Waals surface area (Å²) in [6.45, 7) is 29.0. The van der Waals surface area contributed by atoms with Crippen LogP contribution in [0.15, 0.2) is 350 Å². The van der Waals surface area contributed by atoms with Crippen LogP contribution in [0.2, 0.25) is 0 Å². The normalized spacial score (nSPS) is 13.9. The molecule has 0 fully saturated rings. The summed E-state index contributed by atoms with van der Waals surface area (Å²) >= 11 is 0. The Balaban J connectivity index is 0.000000123. The maximum Gasteiger partial charge on any atom is 0.213 e. The Morgan fingerprint density at radius 3 is 1.04 bits per heavy atom. The fraction of sp³-hybridized carbons (Fsp3) is 0.246. The predicted octanol–water partition coefficient (Wildman–Crippen LogP) is 29.4. The highest BCUT2D eigenvalue weighted by molar-refractivity contribution is 5.98. The molecule has 0 amide bonds. The van der Waals surface area contributed by atoms with Crippen molar-refractivity contribution in [3.05, 3.63) is 395 Å². The van der Waals surface area contributed by atoms with E-state index in [2.05, 4.69) is 319 Å². The number of hydrogen-bond acceptors (Lipinski definition) is 0. The van der Waals surface area contributed by atoms with Crippen molar-refractivity contribution in [3.8, 4) is 44.5 Å². The van der Waals surface area contributed by atoms with Crippen molar-refractivity contribution in [1.82, 2.24) is 0 Å². The molecule has 4 nitrogen and oxygen atoms in total. The quantitative estimate of drug-likeness (QED) is 0.156. The summed E-state index contributed by atoms with van der Waals surface area (Å²) in [6.07, 6.45) is 15.5. The summed E-state index contributed by atoms with van der Waals surface area (Å²) in [5.41, 5.74) is 40.5. The summed E-state index contributed by atoms with van der Waals surface area (Å²) in [6, 6.07) is 117. The number of hydrogen-bond donors (Lipinski definition) is 0. The Labute approximate surface area is 705 Å². The number of para-hydroxylation sites is 2. The van der Waals surface area contributed by atoms with Gasteiger partial charge in [-0.3, -0.25) is 0 Å². The Kier molecular flexibility index (Phi) is 29.3. The number of nitrogens with zero attached hydrogens (tertiary/aromatic N) is 4. The van der Waals surface area contributed by atoms with E-state index in [1.807, 2.05) is 110 Å². The molecule has 0 bridgehead atoms. The van der Waals surface area contributed by atoms with Gasteiger partial charge in [-0.15, -0.1) is 0 Å². The van der Waals surface area contributed by atoms with Gasteiger partial charge in [0.1, 0.15) is 0 Å². The van der Waals surface area contributed by atoms with Crippen molar-refractivity contribution in [2.24, 2.45) is 0 Å². The lowest BCUT2D eigenvalue weighted by atomic mass is 9.93. The average Bonchev–Trinajstić information content (AvgIpc) is 1.55. The van der Waals surface area contributed by atoms with Crippen LogP contribution in [0.1, 0.15) is 177 Å². The van der Waals surface area contributed by atoms with Crippen molar-refractivity contribution in [3.63, 3.8) is 0 Å². The first-order valence-corrected chi connectivity index (χ1v) is 44.2. The maximum atomic E-state index is 2.56. The van der Waals surface area contributed by atoms with Crippen LogP contribution < -0.4 is 18.3 Å². The first-order chi connectivity index (χ1) is 58.3. The second-order valence-corrected chi connectivity index (χ2v) is 30.8. The van der Waals surface area contributed by atoms with Gasteiger partial charge in [0.15, 0.2) is 26.2 Å². The van der Waals surface area contributed by atoms with E-state index in [4.69, 9.17) is 0 Å². The van der Waals surface area contributed by atoms with Crippen LogP contribution in [0.5, 0.6) is 0 Å². The number of pyridine rings is 4. The number of benzene rings is 11. The van der Waals surface area contributed by atoms with Crippen LogP contribution in [0.4, 0.5) is 0 Å². The monoisotopic (exact) mass is 1550 g/mol. The zero-order chi connectivity index (χ0) is 82.3. The molecule has 118 heavy (non-hydrogen) atoms. The third kappa shape index (κ3) is 18.7. The molecule has 0 N–H and O–H groups in total. The fourth-order valence-corrected chi connectivity index (χ4v) is 18.4. The van der Waals surface area contributed by atoms with E-state index >= 15 is 0 Å². The van der Waals surface area contributed by atoms with Crippen LogP contribution in [-0.2, 0) is 26.2 Å². The number of rotatable bonds is 4. The molecule has 23 rings (SSSR count). The minimum atomic E-state index is 1.10. The number of fused-ring (bicyclic) bond motifs is 16. The van der Waals surface area contributed by atoms with Gasteiger partial charge in [-0.05, 0) is 175 Å². The lowest BCUT2D eigenvalue weighted by Crippen LogP contribution is -2.37. The zero-order valence-electron chi connectivity index (χ0n) is 72.3. The molecule has 4 aromatic heterocycles. The second kappa shape index (κ2) is 41.2. The van der Waals surface area contributed by atoms with Crippen LogP contribution in [0, 0.1) is 27.7 Å². The molecule has 15 aromatic rings. The molecule has 0 saturated carbocycles. The van der Waals surface area contributed by atoms with Gasteiger partial charge in [-0.2, -0.15) is 18.3 Å². The summed E-state index contributed by atoms with van der Waals surface area (Å²) < 4.78 is 10.1. The third-order valence-corrected chi connectivity index (χ3v) is 23.7. The first kappa shape index (κ1) is 83.9. The van der Waals surface area contributed by atoms with E-state index < -0.39 is 0 Å². The van der Waals surface area contributed by atoms with Gasteiger partial charge in [-0.25, -0.2) is 0 Å². The van der Waals surface area contributed by atoms with Gasteiger partial charge in [0.25, 0.3) is 0 Å². The Bertz CT molecular complexity index is 5910. The minimum Gasteiger partial charge on any atom is -0.188 e. The topological polar surface area (TPSA) is 15.5 Å². The van der Waals surface area contributed by atoms with Gasteiger partial charge in [0, 0.05) is 109 Å². The van der Waals surface area contributed by atoms with Crippen molar-refractivity contribution in [2.45, 2.75) is 186 Å². The van der Waals surface area contributed by atoms with E-state index in [0.29, 0.717) is 0 Å². The van der Waals surface area contributed by atoms with Crippen molar-refractivity contribution in [2.75, 3.05) is 0 Å². The van der Waals surface area contributed by atoms with E-state index in [-0.39, 0.29) is 0 Å². The molecular formula is C114H122N4+4. The molecule has 594 valence electrons.